The van der Waals surface area contributed by atoms with Gasteiger partial charge in [-0.05, 0) is 37.5 Å². The molecular formula is C19H24F2N2O. The van der Waals surface area contributed by atoms with Gasteiger partial charge in [-0.25, -0.2) is 14.4 Å². The molecule has 0 N–H and O–H groups in total. The molecule has 0 amide bonds. The lowest BCUT2D eigenvalue weighted by atomic mass is 10.1. The van der Waals surface area contributed by atoms with Gasteiger partial charge in [0.25, 0.3) is 0 Å². The summed E-state index contributed by atoms with van der Waals surface area (Å²) in [4.78, 5) is 8.37. The molecule has 0 spiro atoms. The van der Waals surface area contributed by atoms with E-state index in [4.69, 9.17) is 4.74 Å². The summed E-state index contributed by atoms with van der Waals surface area (Å²) >= 11 is 0. The number of hydrogen-bond donors (Lipinski definition) is 0. The molecule has 3 nitrogen and oxygen atoms in total. The maximum absolute atomic E-state index is 14.2. The van der Waals surface area contributed by atoms with Gasteiger partial charge in [-0.1, -0.05) is 32.6 Å². The monoisotopic (exact) mass is 334 g/mol. The average molecular weight is 334 g/mol. The van der Waals surface area contributed by atoms with Crippen molar-refractivity contribution in [3.63, 3.8) is 0 Å². The second-order valence-electron chi connectivity index (χ2n) is 5.75. The van der Waals surface area contributed by atoms with Crippen LogP contribution >= 0.6 is 0 Å². The highest BCUT2D eigenvalue weighted by molar-refractivity contribution is 5.57. The predicted molar refractivity (Wildman–Crippen MR) is 91.0 cm³/mol. The van der Waals surface area contributed by atoms with Crippen molar-refractivity contribution in [3.8, 4) is 17.1 Å². The first-order valence-corrected chi connectivity index (χ1v) is 8.59. The summed E-state index contributed by atoms with van der Waals surface area (Å²) in [5.41, 5.74) is 1.06. The van der Waals surface area contributed by atoms with Crippen LogP contribution in [-0.2, 0) is 6.42 Å². The summed E-state index contributed by atoms with van der Waals surface area (Å²) in [6.45, 7) is 4.18. The van der Waals surface area contributed by atoms with Crippen molar-refractivity contribution in [3.05, 3.63) is 41.7 Å². The number of aromatic nitrogens is 2. The molecular weight excluding hydrogens is 310 g/mol. The van der Waals surface area contributed by atoms with Gasteiger partial charge in [0.15, 0.2) is 17.4 Å². The number of nitrogens with zero attached hydrogens (tertiary/aromatic N) is 2. The highest BCUT2D eigenvalue weighted by atomic mass is 19.2. The number of aryl methyl sites for hydroxylation is 1. The number of ether oxygens (including phenoxy) is 1. The van der Waals surface area contributed by atoms with Gasteiger partial charge >= 0.3 is 0 Å². The number of halogens is 2. The lowest BCUT2D eigenvalue weighted by Crippen LogP contribution is -2.00. The van der Waals surface area contributed by atoms with E-state index < -0.39 is 11.6 Å². The molecule has 0 fully saturated rings. The molecule has 0 radical (unpaired) electrons. The Morgan fingerprint density at radius 2 is 1.62 bits per heavy atom. The van der Waals surface area contributed by atoms with Crippen molar-refractivity contribution >= 4 is 0 Å². The third kappa shape index (κ3) is 4.73. The standard InChI is InChI=1S/C19H24F2N2O/c1-3-5-6-7-8-9-14-12-22-19(23-13-14)15-10-11-16(24-4-2)18(21)17(15)20/h10-13H,3-9H2,1-2H3. The molecule has 1 aromatic carbocycles. The van der Waals surface area contributed by atoms with Gasteiger partial charge in [-0.3, -0.25) is 0 Å². The van der Waals surface area contributed by atoms with Crippen LogP contribution in [0.2, 0.25) is 0 Å². The van der Waals surface area contributed by atoms with Crippen molar-refractivity contribution in [1.82, 2.24) is 9.97 Å². The Kier molecular flexibility index (Phi) is 7.09. The van der Waals surface area contributed by atoms with E-state index in [0.717, 1.165) is 18.4 Å². The molecule has 0 aliphatic rings. The largest absolute Gasteiger partial charge is 0.491 e. The SMILES string of the molecule is CCCCCCCc1cnc(-c2ccc(OCC)c(F)c2F)nc1. The van der Waals surface area contributed by atoms with E-state index in [1.165, 1.54) is 37.8 Å². The zero-order chi connectivity index (χ0) is 17.4. The highest BCUT2D eigenvalue weighted by Crippen LogP contribution is 2.27. The van der Waals surface area contributed by atoms with Crippen molar-refractivity contribution in [2.24, 2.45) is 0 Å². The number of hydrogen-bond acceptors (Lipinski definition) is 3. The normalized spacial score (nSPS) is 10.8. The van der Waals surface area contributed by atoms with E-state index in [9.17, 15) is 8.78 Å². The quantitative estimate of drug-likeness (QED) is 0.581. The number of rotatable bonds is 9. The van der Waals surface area contributed by atoms with Crippen LogP contribution in [0.5, 0.6) is 5.75 Å². The Hall–Kier alpha value is -2.04. The smallest absolute Gasteiger partial charge is 0.201 e. The van der Waals surface area contributed by atoms with E-state index in [1.807, 2.05) is 0 Å². The third-order valence-corrected chi connectivity index (χ3v) is 3.86. The van der Waals surface area contributed by atoms with Crippen LogP contribution in [0.4, 0.5) is 8.78 Å². The van der Waals surface area contributed by atoms with Crippen LogP contribution in [-0.4, -0.2) is 16.6 Å². The molecule has 0 atom stereocenters. The maximum Gasteiger partial charge on any atom is 0.201 e. The molecule has 5 heteroatoms. The third-order valence-electron chi connectivity index (χ3n) is 3.86. The van der Waals surface area contributed by atoms with Crippen molar-refractivity contribution in [1.29, 1.82) is 0 Å². The molecule has 0 aliphatic heterocycles. The molecule has 0 bridgehead atoms. The average Bonchev–Trinajstić information content (AvgIpc) is 2.60. The first kappa shape index (κ1) is 18.3. The molecule has 2 rings (SSSR count). The summed E-state index contributed by atoms with van der Waals surface area (Å²) in [6, 6.07) is 2.85. The lowest BCUT2D eigenvalue weighted by Gasteiger charge is -2.08. The van der Waals surface area contributed by atoms with Gasteiger partial charge in [-0.15, -0.1) is 0 Å². The minimum absolute atomic E-state index is 0.0467. The topological polar surface area (TPSA) is 35.0 Å². The van der Waals surface area contributed by atoms with Crippen LogP contribution in [0.1, 0.15) is 51.5 Å². The lowest BCUT2D eigenvalue weighted by molar-refractivity contribution is 0.314. The fraction of sp³-hybridized carbons (Fsp3) is 0.474. The Morgan fingerprint density at radius 3 is 2.29 bits per heavy atom. The van der Waals surface area contributed by atoms with E-state index in [0.29, 0.717) is 0 Å². The second kappa shape index (κ2) is 9.30. The summed E-state index contributed by atoms with van der Waals surface area (Å²) in [5.74, 6) is -1.89. The molecule has 0 aliphatic carbocycles. The van der Waals surface area contributed by atoms with Gasteiger partial charge in [0, 0.05) is 12.4 Å². The van der Waals surface area contributed by atoms with Gasteiger partial charge < -0.3 is 4.74 Å². The first-order valence-electron chi connectivity index (χ1n) is 8.59. The molecule has 0 unspecified atom stereocenters. The van der Waals surface area contributed by atoms with Crippen LogP contribution in [0.3, 0.4) is 0 Å². The van der Waals surface area contributed by atoms with E-state index >= 15 is 0 Å². The summed E-state index contributed by atoms with van der Waals surface area (Å²) in [5, 5.41) is 0. The molecule has 1 heterocycles. The fourth-order valence-electron chi connectivity index (χ4n) is 2.53. The number of unbranched alkanes of at least 4 members (excludes halogenated alkanes) is 4. The van der Waals surface area contributed by atoms with Gasteiger partial charge in [0.05, 0.1) is 12.2 Å². The fourth-order valence-corrected chi connectivity index (χ4v) is 2.53. The second-order valence-corrected chi connectivity index (χ2v) is 5.75. The Balaban J connectivity index is 2.04. The van der Waals surface area contributed by atoms with Crippen molar-refractivity contribution in [2.45, 2.75) is 52.4 Å². The van der Waals surface area contributed by atoms with Gasteiger partial charge in [0.2, 0.25) is 5.82 Å². The van der Waals surface area contributed by atoms with E-state index in [2.05, 4.69) is 16.9 Å². The van der Waals surface area contributed by atoms with Crippen LogP contribution in [0.25, 0.3) is 11.4 Å². The molecule has 2 aromatic rings. The minimum Gasteiger partial charge on any atom is -0.491 e. The highest BCUT2D eigenvalue weighted by Gasteiger charge is 2.17. The number of benzene rings is 1. The van der Waals surface area contributed by atoms with Crippen LogP contribution in [0.15, 0.2) is 24.5 Å². The van der Waals surface area contributed by atoms with Crippen LogP contribution in [0, 0.1) is 11.6 Å². The first-order chi connectivity index (χ1) is 11.7. The molecule has 24 heavy (non-hydrogen) atoms. The van der Waals surface area contributed by atoms with Crippen molar-refractivity contribution in [2.75, 3.05) is 6.61 Å². The van der Waals surface area contributed by atoms with Gasteiger partial charge in [-0.2, -0.15) is 4.39 Å². The molecule has 0 saturated carbocycles. The Morgan fingerprint density at radius 1 is 0.917 bits per heavy atom. The molecule has 1 aromatic heterocycles. The molecule has 130 valence electrons. The molecule has 0 saturated heterocycles. The Bertz CT molecular complexity index is 645. The summed E-state index contributed by atoms with van der Waals surface area (Å²) in [6.07, 6.45) is 10.3. The zero-order valence-corrected chi connectivity index (χ0v) is 14.3. The summed E-state index contributed by atoms with van der Waals surface area (Å²) < 4.78 is 33.1. The van der Waals surface area contributed by atoms with Gasteiger partial charge in [0.1, 0.15) is 0 Å². The zero-order valence-electron chi connectivity index (χ0n) is 14.3. The van der Waals surface area contributed by atoms with E-state index in [-0.39, 0.29) is 23.7 Å². The Labute approximate surface area is 142 Å². The van der Waals surface area contributed by atoms with Crippen molar-refractivity contribution < 1.29 is 13.5 Å². The summed E-state index contributed by atoms with van der Waals surface area (Å²) in [7, 11) is 0. The maximum atomic E-state index is 14.2. The predicted octanol–water partition coefficient (Wildman–Crippen LogP) is 5.33. The van der Waals surface area contributed by atoms with Crippen LogP contribution < -0.4 is 4.74 Å². The minimum atomic E-state index is -1.00. The van der Waals surface area contributed by atoms with E-state index in [1.54, 1.807) is 19.3 Å².